The molecule has 5 rings (SSSR count). The summed E-state index contributed by atoms with van der Waals surface area (Å²) in [5.41, 5.74) is 1.44. The second kappa shape index (κ2) is 8.65. The number of hydrogen-bond donors (Lipinski definition) is 0. The van der Waals surface area contributed by atoms with E-state index in [0.29, 0.717) is 18.1 Å². The van der Waals surface area contributed by atoms with Crippen LogP contribution in [0.2, 0.25) is 5.04 Å². The summed E-state index contributed by atoms with van der Waals surface area (Å²) in [5.74, 6) is 2.12. The van der Waals surface area contributed by atoms with Crippen molar-refractivity contribution in [2.75, 3.05) is 0 Å². The Morgan fingerprint density at radius 2 is 1.45 bits per heavy atom. The summed E-state index contributed by atoms with van der Waals surface area (Å²) in [7, 11) is -2.47. The Morgan fingerprint density at radius 1 is 0.939 bits per heavy atom. The Labute approximate surface area is 213 Å². The number of rotatable bonds is 6. The van der Waals surface area contributed by atoms with Gasteiger partial charge in [-0.15, -0.1) is 0 Å². The van der Waals surface area contributed by atoms with Gasteiger partial charge in [0.15, 0.2) is 0 Å². The van der Waals surface area contributed by atoms with E-state index in [1.165, 1.54) is 28.9 Å². The lowest BCUT2D eigenvalue weighted by Crippen LogP contribution is -2.67. The molecule has 3 nitrogen and oxygen atoms in total. The number of halogens is 1. The average molecular weight is 571 g/mol. The van der Waals surface area contributed by atoms with E-state index in [2.05, 4.69) is 129 Å². The van der Waals surface area contributed by atoms with Gasteiger partial charge in [-0.1, -0.05) is 81.4 Å². The Bertz CT molecular complexity index is 1050. The van der Waals surface area contributed by atoms with Gasteiger partial charge in [0, 0.05) is 23.8 Å². The van der Waals surface area contributed by atoms with Gasteiger partial charge < -0.3 is 4.43 Å². The lowest BCUT2D eigenvalue weighted by molar-refractivity contribution is 0.177. The standard InChI is InChI=1S/C28H35IN2OSi/c1-19(2)31-25(18-26(29)30-31)27-23-16-20(17-24(23)27)32-33(28(3,4)5,21-12-8-6-9-13-21)22-14-10-7-11-15-22/h6-15,18-20,23-24,27H,16-17H2,1-5H3. The number of hydrogen-bond acceptors (Lipinski definition) is 2. The first kappa shape index (κ1) is 23.3. The van der Waals surface area contributed by atoms with Gasteiger partial charge >= 0.3 is 0 Å². The number of benzene rings is 2. The smallest absolute Gasteiger partial charge is 0.261 e. The monoisotopic (exact) mass is 570 g/mol. The molecule has 2 fully saturated rings. The van der Waals surface area contributed by atoms with Crippen molar-refractivity contribution in [1.29, 1.82) is 0 Å². The number of aromatic nitrogens is 2. The van der Waals surface area contributed by atoms with E-state index in [1.807, 2.05) is 0 Å². The molecule has 33 heavy (non-hydrogen) atoms. The third kappa shape index (κ3) is 4.04. The molecule has 0 aliphatic heterocycles. The Balaban J connectivity index is 1.44. The van der Waals surface area contributed by atoms with E-state index in [1.54, 1.807) is 0 Å². The molecule has 2 atom stereocenters. The molecule has 1 heterocycles. The molecule has 2 saturated carbocycles. The molecule has 5 heteroatoms. The topological polar surface area (TPSA) is 27.1 Å². The first-order valence-electron chi connectivity index (χ1n) is 12.3. The molecule has 0 amide bonds. The van der Waals surface area contributed by atoms with E-state index in [0.717, 1.165) is 15.5 Å². The summed E-state index contributed by atoms with van der Waals surface area (Å²) in [6.07, 6.45) is 2.66. The van der Waals surface area contributed by atoms with Gasteiger partial charge in [-0.25, -0.2) is 0 Å². The van der Waals surface area contributed by atoms with Gasteiger partial charge in [-0.2, -0.15) is 5.10 Å². The second-order valence-electron chi connectivity index (χ2n) is 11.2. The molecule has 2 unspecified atom stereocenters. The Hall–Kier alpha value is -1.44. The summed E-state index contributed by atoms with van der Waals surface area (Å²) in [4.78, 5) is 0. The van der Waals surface area contributed by atoms with Crippen LogP contribution in [0.4, 0.5) is 0 Å². The minimum Gasteiger partial charge on any atom is -0.404 e. The zero-order valence-corrected chi connectivity index (χ0v) is 23.5. The zero-order valence-electron chi connectivity index (χ0n) is 20.3. The molecule has 0 saturated heterocycles. The third-order valence-electron chi connectivity index (χ3n) is 7.73. The van der Waals surface area contributed by atoms with Crippen molar-refractivity contribution in [1.82, 2.24) is 9.78 Å². The predicted molar refractivity (Wildman–Crippen MR) is 147 cm³/mol. The highest BCUT2D eigenvalue weighted by Gasteiger charge is 2.60. The molecule has 3 aromatic rings. The normalized spacial score (nSPS) is 24.8. The van der Waals surface area contributed by atoms with Gasteiger partial charge in [-0.05, 0) is 82.6 Å². The van der Waals surface area contributed by atoms with E-state index < -0.39 is 8.32 Å². The second-order valence-corrected chi connectivity index (χ2v) is 16.5. The van der Waals surface area contributed by atoms with Crippen molar-refractivity contribution in [3.05, 3.63) is 76.1 Å². The fourth-order valence-electron chi connectivity index (χ4n) is 6.31. The molecule has 2 aliphatic rings. The molecule has 1 aromatic heterocycles. The van der Waals surface area contributed by atoms with Gasteiger partial charge in [0.2, 0.25) is 0 Å². The Kier molecular flexibility index (Phi) is 6.11. The lowest BCUT2D eigenvalue weighted by atomic mass is 10.1. The highest BCUT2D eigenvalue weighted by Crippen LogP contribution is 2.64. The predicted octanol–water partition coefficient (Wildman–Crippen LogP) is 6.14. The van der Waals surface area contributed by atoms with Crippen LogP contribution in [0.1, 0.15) is 65.1 Å². The van der Waals surface area contributed by atoms with Crippen LogP contribution < -0.4 is 10.4 Å². The largest absolute Gasteiger partial charge is 0.404 e. The molecule has 0 radical (unpaired) electrons. The van der Waals surface area contributed by atoms with Crippen LogP contribution in [0.3, 0.4) is 0 Å². The van der Waals surface area contributed by atoms with Gasteiger partial charge in [0.05, 0.1) is 0 Å². The van der Waals surface area contributed by atoms with Crippen molar-refractivity contribution in [2.24, 2.45) is 11.8 Å². The van der Waals surface area contributed by atoms with E-state index >= 15 is 0 Å². The Morgan fingerprint density at radius 3 is 1.91 bits per heavy atom. The van der Waals surface area contributed by atoms with Crippen LogP contribution in [0.5, 0.6) is 0 Å². The summed E-state index contributed by atoms with van der Waals surface area (Å²) in [5, 5.41) is 7.57. The number of fused-ring (bicyclic) bond motifs is 1. The molecule has 0 bridgehead atoms. The first-order chi connectivity index (χ1) is 15.7. The molecular formula is C28H35IN2OSi. The summed E-state index contributed by atoms with van der Waals surface area (Å²) >= 11 is 2.36. The maximum atomic E-state index is 7.42. The third-order valence-corrected chi connectivity index (χ3v) is 13.3. The van der Waals surface area contributed by atoms with Crippen molar-refractivity contribution >= 4 is 41.3 Å². The van der Waals surface area contributed by atoms with Crippen molar-refractivity contribution in [3.8, 4) is 0 Å². The molecule has 0 N–H and O–H groups in total. The molecular weight excluding hydrogens is 535 g/mol. The maximum absolute atomic E-state index is 7.42. The maximum Gasteiger partial charge on any atom is 0.261 e. The summed E-state index contributed by atoms with van der Waals surface area (Å²) in [6, 6.07) is 24.8. The molecule has 2 aliphatic carbocycles. The van der Waals surface area contributed by atoms with E-state index in [4.69, 9.17) is 9.52 Å². The highest BCUT2D eigenvalue weighted by molar-refractivity contribution is 14.1. The van der Waals surface area contributed by atoms with Crippen molar-refractivity contribution in [2.45, 2.75) is 70.6 Å². The average Bonchev–Trinajstić information content (AvgIpc) is 3.09. The minimum absolute atomic E-state index is 0.0360. The van der Waals surface area contributed by atoms with Gasteiger partial charge in [-0.3, -0.25) is 4.68 Å². The van der Waals surface area contributed by atoms with Gasteiger partial charge in [0.25, 0.3) is 8.32 Å². The van der Waals surface area contributed by atoms with Crippen LogP contribution in [0.25, 0.3) is 0 Å². The van der Waals surface area contributed by atoms with Crippen molar-refractivity contribution in [3.63, 3.8) is 0 Å². The van der Waals surface area contributed by atoms with Crippen LogP contribution in [-0.4, -0.2) is 24.2 Å². The first-order valence-corrected chi connectivity index (χ1v) is 15.2. The SMILES string of the molecule is CC(C)n1nc(I)cc1C1C2CC(O[Si](c3ccccc3)(c3ccccc3)C(C)(C)C)CC21. The quantitative estimate of drug-likeness (QED) is 0.263. The highest BCUT2D eigenvalue weighted by atomic mass is 127. The molecule has 2 aromatic carbocycles. The van der Waals surface area contributed by atoms with Crippen molar-refractivity contribution < 1.29 is 4.43 Å². The summed E-state index contributed by atoms with van der Waals surface area (Å²) in [6.45, 7) is 11.6. The molecule has 0 spiro atoms. The number of nitrogens with zero attached hydrogens (tertiary/aromatic N) is 2. The fourth-order valence-corrected chi connectivity index (χ4v) is 11.6. The van der Waals surface area contributed by atoms with E-state index in [-0.39, 0.29) is 5.04 Å². The van der Waals surface area contributed by atoms with Crippen LogP contribution in [-0.2, 0) is 4.43 Å². The zero-order chi connectivity index (χ0) is 23.4. The van der Waals surface area contributed by atoms with Crippen LogP contribution >= 0.6 is 22.6 Å². The van der Waals surface area contributed by atoms with Gasteiger partial charge in [0.1, 0.15) is 3.70 Å². The fraction of sp³-hybridized carbons (Fsp3) is 0.464. The minimum atomic E-state index is -2.47. The van der Waals surface area contributed by atoms with E-state index in [9.17, 15) is 0 Å². The lowest BCUT2D eigenvalue weighted by Gasteiger charge is -2.45. The van der Waals surface area contributed by atoms with Crippen LogP contribution in [0.15, 0.2) is 66.7 Å². The molecule has 174 valence electrons. The van der Waals surface area contributed by atoms with Crippen LogP contribution in [0, 0.1) is 15.5 Å². The summed E-state index contributed by atoms with van der Waals surface area (Å²) < 4.78 is 10.8.